The third-order valence-corrected chi connectivity index (χ3v) is 5.10. The van der Waals surface area contributed by atoms with Gasteiger partial charge in [0.25, 0.3) is 5.91 Å². The first-order valence-corrected chi connectivity index (χ1v) is 9.23. The summed E-state index contributed by atoms with van der Waals surface area (Å²) in [6, 6.07) is 13.7. The van der Waals surface area contributed by atoms with Crippen LogP contribution in [0.2, 0.25) is 0 Å². The van der Waals surface area contributed by atoms with Crippen molar-refractivity contribution in [2.24, 2.45) is 5.92 Å². The fourth-order valence-corrected chi connectivity index (χ4v) is 3.42. The molecule has 5 heteroatoms. The molecule has 0 radical (unpaired) electrons. The number of aromatic nitrogens is 1. The molecule has 1 aliphatic rings. The van der Waals surface area contributed by atoms with Crippen LogP contribution in [0.3, 0.4) is 0 Å². The van der Waals surface area contributed by atoms with E-state index in [-0.39, 0.29) is 11.7 Å². The van der Waals surface area contributed by atoms with Crippen molar-refractivity contribution in [2.45, 2.75) is 19.8 Å². The van der Waals surface area contributed by atoms with E-state index in [0.717, 1.165) is 25.9 Å². The number of hydrogen-bond acceptors (Lipinski definition) is 3. The van der Waals surface area contributed by atoms with Gasteiger partial charge in [0.15, 0.2) is 5.76 Å². The molecule has 4 nitrogen and oxygen atoms in total. The maximum absolute atomic E-state index is 14.0. The van der Waals surface area contributed by atoms with Gasteiger partial charge in [-0.05, 0) is 43.0 Å². The molecule has 138 valence electrons. The van der Waals surface area contributed by atoms with Gasteiger partial charge in [-0.1, -0.05) is 31.2 Å². The Labute approximate surface area is 157 Å². The lowest BCUT2D eigenvalue weighted by Gasteiger charge is -2.30. The van der Waals surface area contributed by atoms with Crippen LogP contribution in [0, 0.1) is 11.7 Å². The molecule has 0 saturated carbocycles. The van der Waals surface area contributed by atoms with Crippen LogP contribution in [-0.2, 0) is 0 Å². The van der Waals surface area contributed by atoms with Crippen molar-refractivity contribution in [1.29, 1.82) is 0 Å². The number of carbonyl (C=O) groups is 1. The number of carbonyl (C=O) groups excluding carboxylic acids is 1. The fourth-order valence-electron chi connectivity index (χ4n) is 3.42. The second kappa shape index (κ2) is 7.35. The monoisotopic (exact) mass is 364 g/mol. The van der Waals surface area contributed by atoms with E-state index in [4.69, 9.17) is 4.42 Å². The molecule has 1 aromatic heterocycles. The summed E-state index contributed by atoms with van der Waals surface area (Å²) >= 11 is 0. The fraction of sp³-hybridized carbons (Fsp3) is 0.273. The van der Waals surface area contributed by atoms with Crippen LogP contribution in [-0.4, -0.2) is 28.9 Å². The van der Waals surface area contributed by atoms with Crippen molar-refractivity contribution in [3.63, 3.8) is 0 Å². The minimum atomic E-state index is -0.369. The minimum Gasteiger partial charge on any atom is -0.436 e. The Morgan fingerprint density at radius 1 is 1.07 bits per heavy atom. The molecule has 2 aromatic carbocycles. The highest BCUT2D eigenvalue weighted by Crippen LogP contribution is 2.30. The summed E-state index contributed by atoms with van der Waals surface area (Å²) in [5.74, 6) is 0.939. The van der Waals surface area contributed by atoms with E-state index in [1.54, 1.807) is 24.3 Å². The van der Waals surface area contributed by atoms with Crippen LogP contribution in [0.25, 0.3) is 22.8 Å². The summed E-state index contributed by atoms with van der Waals surface area (Å²) in [5.41, 5.74) is 1.54. The Hall–Kier alpha value is -2.95. The Bertz CT molecular complexity index is 958. The molecule has 1 fully saturated rings. The van der Waals surface area contributed by atoms with Crippen molar-refractivity contribution in [1.82, 2.24) is 9.88 Å². The number of oxazole rings is 1. The smallest absolute Gasteiger partial charge is 0.254 e. The van der Waals surface area contributed by atoms with Crippen molar-refractivity contribution in [3.05, 3.63) is 66.1 Å². The molecular weight excluding hydrogens is 343 g/mol. The lowest BCUT2D eigenvalue weighted by molar-refractivity contribution is 0.0698. The van der Waals surface area contributed by atoms with E-state index in [9.17, 15) is 9.18 Å². The maximum atomic E-state index is 14.0. The van der Waals surface area contributed by atoms with Gasteiger partial charge in [-0.15, -0.1) is 0 Å². The highest BCUT2D eigenvalue weighted by molar-refractivity contribution is 6.00. The minimum absolute atomic E-state index is 0.0110. The summed E-state index contributed by atoms with van der Waals surface area (Å²) < 4.78 is 19.8. The maximum Gasteiger partial charge on any atom is 0.254 e. The topological polar surface area (TPSA) is 46.3 Å². The van der Waals surface area contributed by atoms with E-state index < -0.39 is 0 Å². The van der Waals surface area contributed by atoms with Gasteiger partial charge >= 0.3 is 0 Å². The molecule has 0 unspecified atom stereocenters. The second-order valence-electron chi connectivity index (χ2n) is 7.03. The predicted molar refractivity (Wildman–Crippen MR) is 102 cm³/mol. The largest absolute Gasteiger partial charge is 0.436 e. The average Bonchev–Trinajstić information content (AvgIpc) is 3.18. The number of rotatable bonds is 3. The van der Waals surface area contributed by atoms with Gasteiger partial charge in [0.05, 0.1) is 17.3 Å². The van der Waals surface area contributed by atoms with Crippen LogP contribution < -0.4 is 0 Å². The quantitative estimate of drug-likeness (QED) is 0.655. The Balaban J connectivity index is 1.66. The van der Waals surface area contributed by atoms with Crippen LogP contribution in [0.5, 0.6) is 0 Å². The number of hydrogen-bond donors (Lipinski definition) is 0. The van der Waals surface area contributed by atoms with Crippen molar-refractivity contribution in [2.75, 3.05) is 13.1 Å². The molecule has 4 rings (SSSR count). The summed E-state index contributed by atoms with van der Waals surface area (Å²) in [6.07, 6.45) is 3.53. The molecule has 0 bridgehead atoms. The van der Waals surface area contributed by atoms with Crippen molar-refractivity contribution >= 4 is 5.91 Å². The number of piperidine rings is 1. The van der Waals surface area contributed by atoms with Gasteiger partial charge in [-0.25, -0.2) is 9.37 Å². The molecule has 0 aliphatic carbocycles. The van der Waals surface area contributed by atoms with Gasteiger partial charge in [-0.3, -0.25) is 4.79 Å². The first-order valence-electron chi connectivity index (χ1n) is 9.23. The number of nitrogens with zero attached hydrogens (tertiary/aromatic N) is 2. The van der Waals surface area contributed by atoms with Gasteiger partial charge in [0.2, 0.25) is 5.89 Å². The summed E-state index contributed by atoms with van der Waals surface area (Å²) in [5, 5.41) is 0. The van der Waals surface area contributed by atoms with Crippen molar-refractivity contribution < 1.29 is 13.6 Å². The number of amides is 1. The van der Waals surface area contributed by atoms with E-state index in [0.29, 0.717) is 34.3 Å². The van der Waals surface area contributed by atoms with Crippen molar-refractivity contribution in [3.8, 4) is 22.8 Å². The third-order valence-electron chi connectivity index (χ3n) is 5.10. The Morgan fingerprint density at radius 3 is 2.48 bits per heavy atom. The van der Waals surface area contributed by atoms with E-state index in [1.165, 1.54) is 12.3 Å². The summed E-state index contributed by atoms with van der Waals surface area (Å²) in [6.45, 7) is 3.74. The molecule has 2 heterocycles. The number of benzene rings is 2. The Kier molecular flexibility index (Phi) is 4.75. The molecule has 1 aliphatic heterocycles. The average molecular weight is 364 g/mol. The number of likely N-dealkylation sites (tertiary alicyclic amines) is 1. The number of halogens is 1. The summed E-state index contributed by atoms with van der Waals surface area (Å²) in [7, 11) is 0. The molecule has 0 N–H and O–H groups in total. The van der Waals surface area contributed by atoms with Gasteiger partial charge < -0.3 is 9.32 Å². The third kappa shape index (κ3) is 3.50. The van der Waals surface area contributed by atoms with E-state index in [2.05, 4.69) is 11.9 Å². The van der Waals surface area contributed by atoms with Crippen LogP contribution in [0.4, 0.5) is 4.39 Å². The standard InChI is InChI=1S/C22H21FN2O2/c1-15-10-12-25(13-11-15)22(26)17-7-3-2-6-16(17)21-24-14-20(27-21)18-8-4-5-9-19(18)23/h2-9,14-15H,10-13H2,1H3. The van der Waals surface area contributed by atoms with Gasteiger partial charge in [-0.2, -0.15) is 0 Å². The molecule has 3 aromatic rings. The second-order valence-corrected chi connectivity index (χ2v) is 7.03. The van der Waals surface area contributed by atoms with E-state index >= 15 is 0 Å². The highest BCUT2D eigenvalue weighted by Gasteiger charge is 2.25. The normalized spacial score (nSPS) is 15.1. The highest BCUT2D eigenvalue weighted by atomic mass is 19.1. The SMILES string of the molecule is CC1CCN(C(=O)c2ccccc2-c2ncc(-c3ccccc3F)o2)CC1. The zero-order valence-corrected chi connectivity index (χ0v) is 15.2. The van der Waals surface area contributed by atoms with Gasteiger partial charge in [0, 0.05) is 18.7 Å². The van der Waals surface area contributed by atoms with Crippen LogP contribution >= 0.6 is 0 Å². The molecule has 1 amide bonds. The lowest BCUT2D eigenvalue weighted by Crippen LogP contribution is -2.38. The molecule has 1 saturated heterocycles. The first kappa shape index (κ1) is 17.5. The first-order chi connectivity index (χ1) is 13.1. The summed E-state index contributed by atoms with van der Waals surface area (Å²) in [4.78, 5) is 19.2. The molecule has 27 heavy (non-hydrogen) atoms. The van der Waals surface area contributed by atoms with Gasteiger partial charge in [0.1, 0.15) is 5.82 Å². The molecular formula is C22H21FN2O2. The zero-order valence-electron chi connectivity index (χ0n) is 15.2. The Morgan fingerprint density at radius 2 is 1.74 bits per heavy atom. The predicted octanol–water partition coefficient (Wildman–Crippen LogP) is 5.02. The molecule has 0 spiro atoms. The van der Waals surface area contributed by atoms with E-state index in [1.807, 2.05) is 23.1 Å². The van der Waals surface area contributed by atoms with Crippen LogP contribution in [0.15, 0.2) is 59.1 Å². The van der Waals surface area contributed by atoms with Crippen LogP contribution in [0.1, 0.15) is 30.1 Å². The zero-order chi connectivity index (χ0) is 18.8. The lowest BCUT2D eigenvalue weighted by atomic mass is 9.98. The molecule has 0 atom stereocenters.